The number of hydrogen-bond donors (Lipinski definition) is 2. The van der Waals surface area contributed by atoms with Gasteiger partial charge in [0.15, 0.2) is 0 Å². The molecule has 0 unspecified atom stereocenters. The molecule has 0 aromatic heterocycles. The van der Waals surface area contributed by atoms with Crippen molar-refractivity contribution in [3.05, 3.63) is 42.0 Å². The Kier molecular flexibility index (Phi) is 2.90. The van der Waals surface area contributed by atoms with E-state index in [0.29, 0.717) is 5.39 Å². The van der Waals surface area contributed by atoms with Crippen LogP contribution >= 0.6 is 0 Å². The molecular formula is C13H10F2O3. The van der Waals surface area contributed by atoms with Crippen LogP contribution in [0.3, 0.4) is 0 Å². The monoisotopic (exact) mass is 252 g/mol. The number of aliphatic carboxylic acids is 1. The quantitative estimate of drug-likeness (QED) is 0.882. The lowest BCUT2D eigenvalue weighted by molar-refractivity contribution is -0.145. The van der Waals surface area contributed by atoms with E-state index in [0.717, 1.165) is 6.07 Å². The standard InChI is InChI=1S/C13H10F2O3/c14-13(15,7-11(17)18)12-9-4-2-1-3-8(9)5-6-10(12)16/h1-6,16H,7H2,(H,17,18). The van der Waals surface area contributed by atoms with E-state index in [9.17, 15) is 18.7 Å². The normalized spacial score (nSPS) is 11.7. The lowest BCUT2D eigenvalue weighted by atomic mass is 9.97. The molecule has 0 aliphatic carbocycles. The van der Waals surface area contributed by atoms with Gasteiger partial charge < -0.3 is 10.2 Å². The predicted octanol–water partition coefficient (Wildman–Crippen LogP) is 3.11. The summed E-state index contributed by atoms with van der Waals surface area (Å²) in [5.74, 6) is -5.83. The number of aromatic hydroxyl groups is 1. The van der Waals surface area contributed by atoms with Crippen molar-refractivity contribution in [3.63, 3.8) is 0 Å². The molecule has 0 aliphatic heterocycles. The number of rotatable bonds is 3. The Morgan fingerprint density at radius 2 is 1.83 bits per heavy atom. The Labute approximate surface area is 101 Å². The molecular weight excluding hydrogens is 242 g/mol. The Balaban J connectivity index is 2.69. The molecule has 0 bridgehead atoms. The van der Waals surface area contributed by atoms with Crippen molar-refractivity contribution in [3.8, 4) is 5.75 Å². The molecule has 0 saturated carbocycles. The topological polar surface area (TPSA) is 57.5 Å². The second-order valence-electron chi connectivity index (χ2n) is 3.96. The van der Waals surface area contributed by atoms with E-state index in [1.54, 1.807) is 18.2 Å². The molecule has 3 nitrogen and oxygen atoms in total. The minimum atomic E-state index is -3.61. The van der Waals surface area contributed by atoms with Gasteiger partial charge in [-0.05, 0) is 16.8 Å². The summed E-state index contributed by atoms with van der Waals surface area (Å²) in [6.45, 7) is 0. The molecule has 0 fully saturated rings. The number of carboxylic acids is 1. The molecule has 2 aromatic carbocycles. The van der Waals surface area contributed by atoms with Gasteiger partial charge in [0.25, 0.3) is 5.92 Å². The average Bonchev–Trinajstić information content (AvgIpc) is 2.26. The first-order valence-corrected chi connectivity index (χ1v) is 5.22. The minimum absolute atomic E-state index is 0.156. The van der Waals surface area contributed by atoms with E-state index in [2.05, 4.69) is 0 Å². The Morgan fingerprint density at radius 3 is 2.50 bits per heavy atom. The van der Waals surface area contributed by atoms with Crippen molar-refractivity contribution in [2.75, 3.05) is 0 Å². The van der Waals surface area contributed by atoms with E-state index in [1.807, 2.05) is 0 Å². The zero-order valence-corrected chi connectivity index (χ0v) is 9.23. The van der Waals surface area contributed by atoms with E-state index < -0.39 is 29.6 Å². The fourth-order valence-corrected chi connectivity index (χ4v) is 1.92. The van der Waals surface area contributed by atoms with Gasteiger partial charge in [0.1, 0.15) is 12.2 Å². The first kappa shape index (κ1) is 12.3. The summed E-state index contributed by atoms with van der Waals surface area (Å²) in [4.78, 5) is 10.5. The molecule has 0 saturated heterocycles. The Hall–Kier alpha value is -2.17. The number of carboxylic acid groups (broad SMARTS) is 1. The second kappa shape index (κ2) is 4.25. The molecule has 0 heterocycles. The van der Waals surface area contributed by atoms with Gasteiger partial charge in [0.2, 0.25) is 0 Å². The van der Waals surface area contributed by atoms with Gasteiger partial charge in [-0.2, -0.15) is 0 Å². The number of halogens is 2. The van der Waals surface area contributed by atoms with Crippen LogP contribution in [0.4, 0.5) is 8.78 Å². The van der Waals surface area contributed by atoms with Gasteiger partial charge in [-0.3, -0.25) is 4.79 Å². The number of benzene rings is 2. The Morgan fingerprint density at radius 1 is 1.17 bits per heavy atom. The highest BCUT2D eigenvalue weighted by Crippen LogP contribution is 2.41. The second-order valence-corrected chi connectivity index (χ2v) is 3.96. The van der Waals surface area contributed by atoms with E-state index in [-0.39, 0.29) is 5.39 Å². The zero-order valence-electron chi connectivity index (χ0n) is 9.23. The van der Waals surface area contributed by atoms with Gasteiger partial charge >= 0.3 is 5.97 Å². The van der Waals surface area contributed by atoms with Gasteiger partial charge in [0, 0.05) is 0 Å². The molecule has 0 atom stereocenters. The number of hydrogen-bond acceptors (Lipinski definition) is 2. The maximum atomic E-state index is 13.9. The maximum absolute atomic E-state index is 13.9. The predicted molar refractivity (Wildman–Crippen MR) is 61.8 cm³/mol. The summed E-state index contributed by atoms with van der Waals surface area (Å²) in [7, 11) is 0. The molecule has 2 aromatic rings. The van der Waals surface area contributed by atoms with Gasteiger partial charge in [-0.15, -0.1) is 0 Å². The van der Waals surface area contributed by atoms with Crippen molar-refractivity contribution < 1.29 is 23.8 Å². The van der Waals surface area contributed by atoms with Crippen LogP contribution in [-0.2, 0) is 10.7 Å². The molecule has 0 amide bonds. The van der Waals surface area contributed by atoms with E-state index in [4.69, 9.17) is 5.11 Å². The fraction of sp³-hybridized carbons (Fsp3) is 0.154. The van der Waals surface area contributed by atoms with Crippen LogP contribution in [0.1, 0.15) is 12.0 Å². The number of phenolic OH excluding ortho intramolecular Hbond substituents is 1. The lowest BCUT2D eigenvalue weighted by Crippen LogP contribution is -2.19. The highest BCUT2D eigenvalue weighted by molar-refractivity contribution is 5.89. The van der Waals surface area contributed by atoms with Crippen LogP contribution in [0, 0.1) is 0 Å². The van der Waals surface area contributed by atoms with Crippen molar-refractivity contribution in [2.24, 2.45) is 0 Å². The van der Waals surface area contributed by atoms with Gasteiger partial charge in [0.05, 0.1) is 5.56 Å². The van der Waals surface area contributed by atoms with Gasteiger partial charge in [-0.25, -0.2) is 8.78 Å². The number of carbonyl (C=O) groups is 1. The van der Waals surface area contributed by atoms with Crippen molar-refractivity contribution in [1.82, 2.24) is 0 Å². The molecule has 0 spiro atoms. The first-order chi connectivity index (χ1) is 8.42. The van der Waals surface area contributed by atoms with Crippen LogP contribution in [-0.4, -0.2) is 16.2 Å². The van der Waals surface area contributed by atoms with Crippen LogP contribution < -0.4 is 0 Å². The minimum Gasteiger partial charge on any atom is -0.507 e. The lowest BCUT2D eigenvalue weighted by Gasteiger charge is -2.18. The molecule has 0 aliphatic rings. The third-order valence-electron chi connectivity index (χ3n) is 2.65. The van der Waals surface area contributed by atoms with Crippen LogP contribution in [0.15, 0.2) is 36.4 Å². The maximum Gasteiger partial charge on any atom is 0.309 e. The molecule has 94 valence electrons. The zero-order chi connectivity index (χ0) is 13.3. The largest absolute Gasteiger partial charge is 0.507 e. The van der Waals surface area contributed by atoms with E-state index in [1.165, 1.54) is 12.1 Å². The Bertz CT molecular complexity index is 608. The van der Waals surface area contributed by atoms with Crippen molar-refractivity contribution in [1.29, 1.82) is 0 Å². The highest BCUT2D eigenvalue weighted by Gasteiger charge is 2.38. The average molecular weight is 252 g/mol. The molecule has 18 heavy (non-hydrogen) atoms. The third kappa shape index (κ3) is 2.11. The number of fused-ring (bicyclic) bond motifs is 1. The van der Waals surface area contributed by atoms with Gasteiger partial charge in [-0.1, -0.05) is 30.3 Å². The molecule has 2 rings (SSSR count). The fourth-order valence-electron chi connectivity index (χ4n) is 1.92. The van der Waals surface area contributed by atoms with E-state index >= 15 is 0 Å². The van der Waals surface area contributed by atoms with Crippen molar-refractivity contribution >= 4 is 16.7 Å². The van der Waals surface area contributed by atoms with Crippen LogP contribution in [0.5, 0.6) is 5.75 Å². The SMILES string of the molecule is O=C(O)CC(F)(F)c1c(O)ccc2ccccc12. The van der Waals surface area contributed by atoms with Crippen molar-refractivity contribution in [2.45, 2.75) is 12.3 Å². The summed E-state index contributed by atoms with van der Waals surface area (Å²) >= 11 is 0. The third-order valence-corrected chi connectivity index (χ3v) is 2.65. The number of alkyl halides is 2. The molecule has 0 radical (unpaired) electrons. The first-order valence-electron chi connectivity index (χ1n) is 5.22. The highest BCUT2D eigenvalue weighted by atomic mass is 19.3. The summed E-state index contributed by atoms with van der Waals surface area (Å²) in [6.07, 6.45) is -1.35. The molecule has 5 heteroatoms. The smallest absolute Gasteiger partial charge is 0.309 e. The molecule has 2 N–H and O–H groups in total. The van der Waals surface area contributed by atoms with Crippen LogP contribution in [0.25, 0.3) is 10.8 Å². The van der Waals surface area contributed by atoms with Crippen LogP contribution in [0.2, 0.25) is 0 Å². The summed E-state index contributed by atoms with van der Waals surface area (Å²) in [5, 5.41) is 18.8. The summed E-state index contributed by atoms with van der Waals surface area (Å²) < 4.78 is 27.7. The summed E-state index contributed by atoms with van der Waals surface area (Å²) in [6, 6.07) is 8.94. The summed E-state index contributed by atoms with van der Waals surface area (Å²) in [5.41, 5.74) is -0.636. The number of phenols is 1.